The summed E-state index contributed by atoms with van der Waals surface area (Å²) >= 11 is 0. The van der Waals surface area contributed by atoms with E-state index in [1.165, 1.54) is 5.56 Å². The zero-order valence-electron chi connectivity index (χ0n) is 11.7. The van der Waals surface area contributed by atoms with Crippen molar-refractivity contribution in [3.63, 3.8) is 0 Å². The van der Waals surface area contributed by atoms with Crippen LogP contribution in [-0.4, -0.2) is 43.2 Å². The molecule has 0 unspecified atom stereocenters. The minimum atomic E-state index is -0.247. The maximum absolute atomic E-state index is 11.7. The lowest BCUT2D eigenvalue weighted by Crippen LogP contribution is -2.42. The molecule has 19 heavy (non-hydrogen) atoms. The van der Waals surface area contributed by atoms with Crippen LogP contribution in [0.5, 0.6) is 0 Å². The van der Waals surface area contributed by atoms with Gasteiger partial charge in [0.25, 0.3) is 0 Å². The van der Waals surface area contributed by atoms with Crippen molar-refractivity contribution in [2.45, 2.75) is 26.5 Å². The van der Waals surface area contributed by atoms with E-state index in [2.05, 4.69) is 10.2 Å². The van der Waals surface area contributed by atoms with Gasteiger partial charge in [0.15, 0.2) is 0 Å². The average molecular weight is 262 g/mol. The Morgan fingerprint density at radius 3 is 2.47 bits per heavy atom. The van der Waals surface area contributed by atoms with Crippen LogP contribution in [0.25, 0.3) is 0 Å². The molecule has 1 fully saturated rings. The van der Waals surface area contributed by atoms with Gasteiger partial charge < -0.3 is 10.1 Å². The van der Waals surface area contributed by atoms with Crippen LogP contribution in [0, 0.1) is 0 Å². The summed E-state index contributed by atoms with van der Waals surface area (Å²) < 4.78 is 5.17. The number of hydrogen-bond acceptors (Lipinski definition) is 4. The Bertz CT molecular complexity index is 409. The van der Waals surface area contributed by atoms with Crippen molar-refractivity contribution in [2.75, 3.05) is 26.2 Å². The molecule has 4 nitrogen and oxygen atoms in total. The molecule has 1 N–H and O–H groups in total. The first-order valence-electron chi connectivity index (χ1n) is 6.88. The monoisotopic (exact) mass is 262 g/mol. The molecule has 2 rings (SSSR count). The van der Waals surface area contributed by atoms with Gasteiger partial charge in [0.05, 0.1) is 11.7 Å². The summed E-state index contributed by atoms with van der Waals surface area (Å²) in [5.41, 5.74) is 1.86. The lowest BCUT2D eigenvalue weighted by molar-refractivity contribution is 0.0378. The summed E-state index contributed by atoms with van der Waals surface area (Å²) in [5.74, 6) is -0.247. The molecule has 1 aromatic carbocycles. The molecule has 1 aliphatic heterocycles. The van der Waals surface area contributed by atoms with Crippen molar-refractivity contribution in [1.29, 1.82) is 0 Å². The number of carbonyl (C=O) groups is 1. The van der Waals surface area contributed by atoms with Gasteiger partial charge in [-0.25, -0.2) is 4.79 Å². The first kappa shape index (κ1) is 14.0. The van der Waals surface area contributed by atoms with Crippen molar-refractivity contribution in [3.05, 3.63) is 35.4 Å². The maximum Gasteiger partial charge on any atom is 0.338 e. The Balaban J connectivity index is 1.92. The Kier molecular flexibility index (Phi) is 4.93. The van der Waals surface area contributed by atoms with Gasteiger partial charge in [0.1, 0.15) is 0 Å². The third kappa shape index (κ3) is 4.33. The summed E-state index contributed by atoms with van der Waals surface area (Å²) in [6.45, 7) is 8.93. The van der Waals surface area contributed by atoms with E-state index in [9.17, 15) is 4.79 Å². The van der Waals surface area contributed by atoms with Crippen molar-refractivity contribution >= 4 is 5.97 Å². The topological polar surface area (TPSA) is 41.6 Å². The molecule has 0 radical (unpaired) electrons. The highest BCUT2D eigenvalue weighted by molar-refractivity contribution is 5.89. The van der Waals surface area contributed by atoms with Gasteiger partial charge in [0, 0.05) is 32.7 Å². The maximum atomic E-state index is 11.7. The number of ether oxygens (including phenoxy) is 1. The van der Waals surface area contributed by atoms with Gasteiger partial charge in [-0.15, -0.1) is 0 Å². The highest BCUT2D eigenvalue weighted by atomic mass is 16.5. The first-order valence-corrected chi connectivity index (χ1v) is 6.88. The summed E-state index contributed by atoms with van der Waals surface area (Å²) in [7, 11) is 0. The zero-order chi connectivity index (χ0) is 13.7. The van der Waals surface area contributed by atoms with Gasteiger partial charge in [0.2, 0.25) is 0 Å². The Morgan fingerprint density at radius 2 is 1.89 bits per heavy atom. The molecule has 1 aliphatic rings. The Hall–Kier alpha value is -1.39. The van der Waals surface area contributed by atoms with E-state index >= 15 is 0 Å². The highest BCUT2D eigenvalue weighted by Crippen LogP contribution is 2.10. The lowest BCUT2D eigenvalue weighted by Gasteiger charge is -2.27. The fourth-order valence-electron chi connectivity index (χ4n) is 2.16. The van der Waals surface area contributed by atoms with E-state index in [0.29, 0.717) is 5.56 Å². The van der Waals surface area contributed by atoms with Crippen LogP contribution in [-0.2, 0) is 11.3 Å². The van der Waals surface area contributed by atoms with Gasteiger partial charge >= 0.3 is 5.97 Å². The molecule has 0 aromatic heterocycles. The standard InChI is InChI=1S/C15H22N2O2/c1-12(2)19-15(18)14-5-3-13(4-6-14)11-17-9-7-16-8-10-17/h3-6,12,16H,7-11H2,1-2H3. The van der Waals surface area contributed by atoms with Crippen molar-refractivity contribution in [2.24, 2.45) is 0 Å². The normalized spacial score (nSPS) is 16.6. The number of esters is 1. The number of rotatable bonds is 4. The molecule has 0 spiro atoms. The predicted molar refractivity (Wildman–Crippen MR) is 75.1 cm³/mol. The lowest BCUT2D eigenvalue weighted by atomic mass is 10.1. The highest BCUT2D eigenvalue weighted by Gasteiger charge is 2.11. The van der Waals surface area contributed by atoms with E-state index in [-0.39, 0.29) is 12.1 Å². The molecular weight excluding hydrogens is 240 g/mol. The largest absolute Gasteiger partial charge is 0.459 e. The van der Waals surface area contributed by atoms with Crippen LogP contribution in [0.1, 0.15) is 29.8 Å². The Morgan fingerprint density at radius 1 is 1.26 bits per heavy atom. The number of nitrogens with one attached hydrogen (secondary N) is 1. The van der Waals surface area contributed by atoms with E-state index in [0.717, 1.165) is 32.7 Å². The van der Waals surface area contributed by atoms with Crippen molar-refractivity contribution in [1.82, 2.24) is 10.2 Å². The van der Waals surface area contributed by atoms with E-state index in [1.807, 2.05) is 38.1 Å². The number of hydrogen-bond donors (Lipinski definition) is 1. The average Bonchev–Trinajstić information content (AvgIpc) is 2.40. The van der Waals surface area contributed by atoms with Crippen molar-refractivity contribution < 1.29 is 9.53 Å². The molecule has 0 saturated carbocycles. The SMILES string of the molecule is CC(C)OC(=O)c1ccc(CN2CCNCC2)cc1. The van der Waals surface area contributed by atoms with Crippen LogP contribution in [0.3, 0.4) is 0 Å². The van der Waals surface area contributed by atoms with E-state index in [1.54, 1.807) is 0 Å². The summed E-state index contributed by atoms with van der Waals surface area (Å²) in [4.78, 5) is 14.1. The van der Waals surface area contributed by atoms with Gasteiger partial charge in [-0.2, -0.15) is 0 Å². The molecule has 0 atom stereocenters. The zero-order valence-corrected chi connectivity index (χ0v) is 11.7. The first-order chi connectivity index (χ1) is 9.15. The smallest absolute Gasteiger partial charge is 0.338 e. The molecule has 1 aromatic rings. The second-order valence-corrected chi connectivity index (χ2v) is 5.18. The predicted octanol–water partition coefficient (Wildman–Crippen LogP) is 1.66. The van der Waals surface area contributed by atoms with Crippen LogP contribution in [0.15, 0.2) is 24.3 Å². The van der Waals surface area contributed by atoms with Crippen molar-refractivity contribution in [3.8, 4) is 0 Å². The quantitative estimate of drug-likeness (QED) is 0.838. The molecule has 4 heteroatoms. The summed E-state index contributed by atoms with van der Waals surface area (Å²) in [5, 5.41) is 3.34. The molecule has 0 aliphatic carbocycles. The van der Waals surface area contributed by atoms with Gasteiger partial charge in [-0.05, 0) is 31.5 Å². The molecule has 0 amide bonds. The molecule has 1 heterocycles. The van der Waals surface area contributed by atoms with Crippen LogP contribution in [0.4, 0.5) is 0 Å². The Labute approximate surface area is 114 Å². The minimum Gasteiger partial charge on any atom is -0.459 e. The molecule has 0 bridgehead atoms. The van der Waals surface area contributed by atoms with E-state index < -0.39 is 0 Å². The third-order valence-electron chi connectivity index (χ3n) is 3.15. The number of nitrogens with zero attached hydrogens (tertiary/aromatic N) is 1. The van der Waals surface area contributed by atoms with Gasteiger partial charge in [-0.1, -0.05) is 12.1 Å². The fourth-order valence-corrected chi connectivity index (χ4v) is 2.16. The van der Waals surface area contributed by atoms with E-state index in [4.69, 9.17) is 4.74 Å². The fraction of sp³-hybridized carbons (Fsp3) is 0.533. The van der Waals surface area contributed by atoms with Crippen LogP contribution in [0.2, 0.25) is 0 Å². The number of piperazine rings is 1. The summed E-state index contributed by atoms with van der Waals surface area (Å²) in [6, 6.07) is 7.72. The van der Waals surface area contributed by atoms with Crippen LogP contribution < -0.4 is 5.32 Å². The van der Waals surface area contributed by atoms with Gasteiger partial charge in [-0.3, -0.25) is 4.90 Å². The molecular formula is C15H22N2O2. The second-order valence-electron chi connectivity index (χ2n) is 5.18. The minimum absolute atomic E-state index is 0.0759. The second kappa shape index (κ2) is 6.68. The molecule has 1 saturated heterocycles. The number of carbonyl (C=O) groups excluding carboxylic acids is 1. The van der Waals surface area contributed by atoms with Crippen LogP contribution >= 0.6 is 0 Å². The summed E-state index contributed by atoms with van der Waals surface area (Å²) in [6.07, 6.45) is -0.0759. The third-order valence-corrected chi connectivity index (χ3v) is 3.15. The number of benzene rings is 1. The molecule has 104 valence electrons.